The molecule has 1 N–H and O–H groups in total. The number of carbonyl (C=O) groups excluding carboxylic acids is 2. The number of benzene rings is 1. The largest absolute Gasteiger partial charge is 0.482 e. The standard InChI is InChI=1S/C14H16Cl2N2O4/c15-10-1-2-12(11(16)7-10)22-9-13(19)17-8-14(20)18-3-5-21-6-4-18/h1-2,7H,3-6,8-9H2,(H,17,19). The molecule has 1 aromatic rings. The second-order valence-electron chi connectivity index (χ2n) is 4.63. The van der Waals surface area contributed by atoms with Crippen LogP contribution in [0.1, 0.15) is 0 Å². The van der Waals surface area contributed by atoms with Crippen molar-refractivity contribution >= 4 is 35.0 Å². The van der Waals surface area contributed by atoms with Crippen LogP contribution in [-0.2, 0) is 14.3 Å². The Morgan fingerprint density at radius 3 is 2.68 bits per heavy atom. The maximum Gasteiger partial charge on any atom is 0.258 e. The first-order valence-corrected chi connectivity index (χ1v) is 7.52. The van der Waals surface area contributed by atoms with Gasteiger partial charge in [0.25, 0.3) is 5.91 Å². The maximum atomic E-state index is 11.8. The van der Waals surface area contributed by atoms with E-state index in [1.807, 2.05) is 0 Å². The Hall–Kier alpha value is -1.50. The summed E-state index contributed by atoms with van der Waals surface area (Å²) in [5, 5.41) is 3.32. The van der Waals surface area contributed by atoms with Crippen LogP contribution in [0.5, 0.6) is 5.75 Å². The molecule has 0 saturated carbocycles. The minimum absolute atomic E-state index is 0.0590. The van der Waals surface area contributed by atoms with E-state index in [1.165, 1.54) is 6.07 Å². The van der Waals surface area contributed by atoms with Crippen molar-refractivity contribution in [3.05, 3.63) is 28.2 Å². The molecule has 0 radical (unpaired) electrons. The first kappa shape index (κ1) is 16.9. The van der Waals surface area contributed by atoms with Crippen molar-refractivity contribution in [3.63, 3.8) is 0 Å². The van der Waals surface area contributed by atoms with Crippen molar-refractivity contribution in [2.45, 2.75) is 0 Å². The van der Waals surface area contributed by atoms with Crippen molar-refractivity contribution < 1.29 is 19.1 Å². The van der Waals surface area contributed by atoms with Crippen LogP contribution < -0.4 is 10.1 Å². The van der Waals surface area contributed by atoms with Crippen LogP contribution in [0.3, 0.4) is 0 Å². The van der Waals surface area contributed by atoms with Crippen LogP contribution >= 0.6 is 23.2 Å². The predicted molar refractivity (Wildman–Crippen MR) is 82.4 cm³/mol. The minimum Gasteiger partial charge on any atom is -0.482 e. The summed E-state index contributed by atoms with van der Waals surface area (Å²) in [4.78, 5) is 25.2. The third kappa shape index (κ3) is 5.05. The summed E-state index contributed by atoms with van der Waals surface area (Å²) in [6.45, 7) is 1.86. The molecule has 0 atom stereocenters. The van der Waals surface area contributed by atoms with Crippen LogP contribution in [0.4, 0.5) is 0 Å². The van der Waals surface area contributed by atoms with Crippen LogP contribution in [0.25, 0.3) is 0 Å². The highest BCUT2D eigenvalue weighted by molar-refractivity contribution is 6.35. The van der Waals surface area contributed by atoms with E-state index in [0.717, 1.165) is 0 Å². The summed E-state index contributed by atoms with van der Waals surface area (Å²) in [7, 11) is 0. The zero-order valence-corrected chi connectivity index (χ0v) is 13.3. The molecule has 0 bridgehead atoms. The third-order valence-corrected chi connectivity index (χ3v) is 3.58. The Kier molecular flexibility index (Phi) is 6.30. The molecule has 2 rings (SSSR count). The third-order valence-electron chi connectivity index (χ3n) is 3.05. The van der Waals surface area contributed by atoms with Crippen molar-refractivity contribution in [3.8, 4) is 5.75 Å². The molecule has 1 aliphatic heterocycles. The van der Waals surface area contributed by atoms with E-state index in [2.05, 4.69) is 5.32 Å². The van der Waals surface area contributed by atoms with Gasteiger partial charge in [0.15, 0.2) is 6.61 Å². The predicted octanol–water partition coefficient (Wildman–Crippen LogP) is 1.35. The summed E-state index contributed by atoms with van der Waals surface area (Å²) < 4.78 is 10.4. The zero-order valence-electron chi connectivity index (χ0n) is 11.8. The lowest BCUT2D eigenvalue weighted by Gasteiger charge is -2.26. The number of nitrogens with one attached hydrogen (secondary N) is 1. The number of morpholine rings is 1. The fourth-order valence-electron chi connectivity index (χ4n) is 1.89. The number of amides is 2. The molecule has 1 aliphatic rings. The summed E-state index contributed by atoms with van der Waals surface area (Å²) in [6.07, 6.45) is 0. The molecular formula is C14H16Cl2N2O4. The molecule has 6 nitrogen and oxygen atoms in total. The average molecular weight is 347 g/mol. The number of carbonyl (C=O) groups is 2. The molecule has 0 unspecified atom stereocenters. The number of rotatable bonds is 5. The van der Waals surface area contributed by atoms with Crippen molar-refractivity contribution in [1.82, 2.24) is 10.2 Å². The highest BCUT2D eigenvalue weighted by Gasteiger charge is 2.17. The summed E-state index contributed by atoms with van der Waals surface area (Å²) in [5.41, 5.74) is 0. The molecule has 8 heteroatoms. The topological polar surface area (TPSA) is 67.9 Å². The fraction of sp³-hybridized carbons (Fsp3) is 0.429. The maximum absolute atomic E-state index is 11.8. The van der Waals surface area contributed by atoms with Crippen LogP contribution in [-0.4, -0.2) is 56.2 Å². The van der Waals surface area contributed by atoms with E-state index in [1.54, 1.807) is 17.0 Å². The van der Waals surface area contributed by atoms with Gasteiger partial charge in [-0.05, 0) is 18.2 Å². The molecule has 120 valence electrons. The number of nitrogens with zero attached hydrogens (tertiary/aromatic N) is 1. The van der Waals surface area contributed by atoms with E-state index in [0.29, 0.717) is 42.1 Å². The zero-order chi connectivity index (χ0) is 15.9. The SMILES string of the molecule is O=C(COc1ccc(Cl)cc1Cl)NCC(=O)N1CCOCC1. The first-order chi connectivity index (χ1) is 10.6. The van der Waals surface area contributed by atoms with E-state index in [-0.39, 0.29) is 19.1 Å². The first-order valence-electron chi connectivity index (χ1n) is 6.76. The van der Waals surface area contributed by atoms with Gasteiger partial charge in [-0.15, -0.1) is 0 Å². The number of hydrogen-bond donors (Lipinski definition) is 1. The number of hydrogen-bond acceptors (Lipinski definition) is 4. The van der Waals surface area contributed by atoms with Gasteiger partial charge in [0, 0.05) is 18.1 Å². The van der Waals surface area contributed by atoms with Crippen LogP contribution in [0.2, 0.25) is 10.0 Å². The quantitative estimate of drug-likeness (QED) is 0.873. The van der Waals surface area contributed by atoms with Crippen molar-refractivity contribution in [2.24, 2.45) is 0 Å². The van der Waals surface area contributed by atoms with Crippen LogP contribution in [0, 0.1) is 0 Å². The van der Waals surface area contributed by atoms with E-state index in [9.17, 15) is 9.59 Å². The van der Waals surface area contributed by atoms with Crippen LogP contribution in [0.15, 0.2) is 18.2 Å². The van der Waals surface area contributed by atoms with Gasteiger partial charge in [-0.25, -0.2) is 0 Å². The van der Waals surface area contributed by atoms with Gasteiger partial charge in [-0.1, -0.05) is 23.2 Å². The monoisotopic (exact) mass is 346 g/mol. The van der Waals surface area contributed by atoms with Gasteiger partial charge >= 0.3 is 0 Å². The lowest BCUT2D eigenvalue weighted by atomic mass is 10.3. The number of halogens is 2. The molecule has 1 aromatic carbocycles. The van der Waals surface area contributed by atoms with Gasteiger partial charge < -0.3 is 19.7 Å². The van der Waals surface area contributed by atoms with Crippen molar-refractivity contribution in [2.75, 3.05) is 39.5 Å². The average Bonchev–Trinajstić information content (AvgIpc) is 2.52. The molecule has 0 aliphatic carbocycles. The van der Waals surface area contributed by atoms with Gasteiger partial charge in [-0.3, -0.25) is 9.59 Å². The Morgan fingerprint density at radius 2 is 2.00 bits per heavy atom. The molecule has 0 aromatic heterocycles. The second-order valence-corrected chi connectivity index (χ2v) is 5.48. The van der Waals surface area contributed by atoms with E-state index < -0.39 is 5.91 Å². The molecule has 1 saturated heterocycles. The summed E-state index contributed by atoms with van der Waals surface area (Å²) >= 11 is 11.7. The highest BCUT2D eigenvalue weighted by atomic mass is 35.5. The van der Waals surface area contributed by atoms with Crippen molar-refractivity contribution in [1.29, 1.82) is 0 Å². The van der Waals surface area contributed by atoms with Gasteiger partial charge in [-0.2, -0.15) is 0 Å². The molecule has 2 amide bonds. The Bertz CT molecular complexity index is 548. The second kappa shape index (κ2) is 8.22. The Balaban J connectivity index is 1.72. The lowest BCUT2D eigenvalue weighted by Crippen LogP contribution is -2.46. The summed E-state index contributed by atoms with van der Waals surface area (Å²) in [6, 6.07) is 4.72. The van der Waals surface area contributed by atoms with E-state index in [4.69, 9.17) is 32.7 Å². The Morgan fingerprint density at radius 1 is 1.27 bits per heavy atom. The summed E-state index contributed by atoms with van der Waals surface area (Å²) in [5.74, 6) is -0.172. The van der Waals surface area contributed by atoms with Gasteiger partial charge in [0.05, 0.1) is 24.8 Å². The fourth-order valence-corrected chi connectivity index (χ4v) is 2.35. The smallest absolute Gasteiger partial charge is 0.258 e. The normalized spacial score (nSPS) is 14.5. The molecule has 22 heavy (non-hydrogen) atoms. The molecule has 1 heterocycles. The van der Waals surface area contributed by atoms with Gasteiger partial charge in [0.2, 0.25) is 5.91 Å². The minimum atomic E-state index is -0.396. The molecule has 1 fully saturated rings. The lowest BCUT2D eigenvalue weighted by molar-refractivity contribution is -0.136. The highest BCUT2D eigenvalue weighted by Crippen LogP contribution is 2.27. The molecular weight excluding hydrogens is 331 g/mol. The Labute approximate surface area is 138 Å². The number of ether oxygens (including phenoxy) is 2. The molecule has 0 spiro atoms. The van der Waals surface area contributed by atoms with E-state index >= 15 is 0 Å². The van der Waals surface area contributed by atoms with Gasteiger partial charge in [0.1, 0.15) is 5.75 Å².